The standard InChI is InChI=1S/C21H21ClF3N4O.C2H6/c1-26-20(27-11-13-3-2-4-14(17(13)23)19(24)25)18-15(28-12-22)5-6-16-21(29(16)18)7-9-30-10-8-21;1-2/h2-4,11,19H,1,5-10,12H2;1-2H3/q+1;/b20-18-,27-11+,28-15-;. The minimum absolute atomic E-state index is 0.0445. The van der Waals surface area contributed by atoms with Crippen LogP contribution in [-0.2, 0) is 4.74 Å². The fourth-order valence-corrected chi connectivity index (χ4v) is 4.52. The van der Waals surface area contributed by atoms with Gasteiger partial charge in [0.1, 0.15) is 17.5 Å². The van der Waals surface area contributed by atoms with Crippen molar-refractivity contribution in [2.75, 3.05) is 19.2 Å². The summed E-state index contributed by atoms with van der Waals surface area (Å²) in [5.74, 6) is -0.732. The monoisotopic (exact) mass is 467 g/mol. The number of aliphatic imine (C=N–C) groups is 3. The van der Waals surface area contributed by atoms with E-state index in [9.17, 15) is 13.2 Å². The third kappa shape index (κ3) is 4.43. The Hall–Kier alpha value is -2.32. The fourth-order valence-electron chi connectivity index (χ4n) is 4.37. The second kappa shape index (κ2) is 10.5. The molecule has 5 nitrogen and oxygen atoms in total. The summed E-state index contributed by atoms with van der Waals surface area (Å²) in [6.07, 6.45) is 1.58. The van der Waals surface area contributed by atoms with E-state index in [1.54, 1.807) is 0 Å². The lowest BCUT2D eigenvalue weighted by Crippen LogP contribution is -2.32. The van der Waals surface area contributed by atoms with Crippen molar-refractivity contribution in [3.8, 4) is 0 Å². The molecule has 32 heavy (non-hydrogen) atoms. The summed E-state index contributed by atoms with van der Waals surface area (Å²) in [5, 5.41) is 0. The SMILES string of the molecule is C=NC(/N=C/c1cccc(C(F)F)c1F)=C1\C(=N/CCl)CCC2=[N+]1C21CCOCC1.CC. The van der Waals surface area contributed by atoms with Crippen LogP contribution in [0.15, 0.2) is 44.7 Å². The number of rotatable bonds is 5. The van der Waals surface area contributed by atoms with Gasteiger partial charge in [-0.15, -0.1) is 11.6 Å². The normalized spacial score (nSPS) is 22.2. The number of fused-ring (bicyclic) bond motifs is 2. The number of nitrogens with zero attached hydrogens (tertiary/aromatic N) is 4. The first kappa shape index (κ1) is 24.3. The Bertz CT molecular complexity index is 995. The highest BCUT2D eigenvalue weighted by Gasteiger charge is 2.69. The molecule has 0 atom stereocenters. The van der Waals surface area contributed by atoms with Crippen LogP contribution in [0.2, 0.25) is 0 Å². The minimum Gasteiger partial charge on any atom is -0.381 e. The van der Waals surface area contributed by atoms with Crippen molar-refractivity contribution in [3.05, 3.63) is 46.7 Å². The maximum absolute atomic E-state index is 14.4. The van der Waals surface area contributed by atoms with Gasteiger partial charge >= 0.3 is 0 Å². The van der Waals surface area contributed by atoms with Crippen LogP contribution >= 0.6 is 11.6 Å². The van der Waals surface area contributed by atoms with Gasteiger partial charge in [0.05, 0.1) is 18.8 Å². The largest absolute Gasteiger partial charge is 0.381 e. The van der Waals surface area contributed by atoms with Crippen LogP contribution in [0.5, 0.6) is 0 Å². The average Bonchev–Trinajstić information content (AvgIpc) is 3.43. The molecule has 0 saturated carbocycles. The molecule has 3 aliphatic rings. The molecule has 0 unspecified atom stereocenters. The topological polar surface area (TPSA) is 49.3 Å². The van der Waals surface area contributed by atoms with Crippen molar-refractivity contribution in [3.63, 3.8) is 0 Å². The lowest BCUT2D eigenvalue weighted by atomic mass is 9.92. The molecule has 1 fully saturated rings. The Balaban J connectivity index is 0.00000141. The number of hydrogen-bond acceptors (Lipinski definition) is 4. The van der Waals surface area contributed by atoms with E-state index in [0.29, 0.717) is 25.3 Å². The molecule has 3 aliphatic heterocycles. The molecule has 4 rings (SSSR count). The molecule has 0 radical (unpaired) electrons. The highest BCUT2D eigenvalue weighted by molar-refractivity contribution is 6.19. The second-order valence-corrected chi connectivity index (χ2v) is 7.53. The molecule has 9 heteroatoms. The summed E-state index contributed by atoms with van der Waals surface area (Å²) in [7, 11) is 0. The molecule has 0 aliphatic carbocycles. The fraction of sp³-hybridized carbons (Fsp3) is 0.478. The van der Waals surface area contributed by atoms with E-state index in [2.05, 4.69) is 26.3 Å². The van der Waals surface area contributed by atoms with Crippen LogP contribution in [0.3, 0.4) is 0 Å². The van der Waals surface area contributed by atoms with Gasteiger partial charge in [-0.1, -0.05) is 32.0 Å². The van der Waals surface area contributed by atoms with Crippen LogP contribution < -0.4 is 0 Å². The Morgan fingerprint density at radius 3 is 2.62 bits per heavy atom. The summed E-state index contributed by atoms with van der Waals surface area (Å²) >= 11 is 5.87. The van der Waals surface area contributed by atoms with Gasteiger partial charge in [-0.05, 0) is 6.72 Å². The molecule has 3 heterocycles. The molecule has 1 aromatic rings. The van der Waals surface area contributed by atoms with E-state index < -0.39 is 17.8 Å². The van der Waals surface area contributed by atoms with Gasteiger partial charge in [0.2, 0.25) is 11.5 Å². The zero-order valence-corrected chi connectivity index (χ0v) is 19.0. The molecular weight excluding hydrogens is 441 g/mol. The van der Waals surface area contributed by atoms with Crippen molar-refractivity contribution in [1.82, 2.24) is 0 Å². The Morgan fingerprint density at radius 1 is 1.28 bits per heavy atom. The molecule has 0 amide bonds. The third-order valence-corrected chi connectivity index (χ3v) is 5.95. The highest BCUT2D eigenvalue weighted by Crippen LogP contribution is 2.46. The molecule has 1 aromatic carbocycles. The number of benzene rings is 1. The van der Waals surface area contributed by atoms with Crippen LogP contribution in [0, 0.1) is 5.82 Å². The Morgan fingerprint density at radius 2 is 2.00 bits per heavy atom. The maximum atomic E-state index is 14.4. The molecule has 0 N–H and O–H groups in total. The van der Waals surface area contributed by atoms with Gasteiger partial charge in [-0.25, -0.2) is 23.2 Å². The molecule has 0 bridgehead atoms. The first-order valence-corrected chi connectivity index (χ1v) is 11.2. The molecule has 1 spiro atoms. The second-order valence-electron chi connectivity index (χ2n) is 7.29. The highest BCUT2D eigenvalue weighted by atomic mass is 35.5. The van der Waals surface area contributed by atoms with Gasteiger partial charge < -0.3 is 4.74 Å². The Kier molecular flexibility index (Phi) is 8.00. The van der Waals surface area contributed by atoms with Crippen LogP contribution in [0.4, 0.5) is 13.2 Å². The van der Waals surface area contributed by atoms with Crippen LogP contribution in [-0.4, -0.2) is 53.7 Å². The van der Waals surface area contributed by atoms with E-state index in [0.717, 1.165) is 31.0 Å². The number of hydrogen-bond donors (Lipinski definition) is 0. The summed E-state index contributed by atoms with van der Waals surface area (Å²) in [6, 6.07) is 3.91. The zero-order valence-electron chi connectivity index (χ0n) is 18.3. The average molecular weight is 468 g/mol. The van der Waals surface area contributed by atoms with E-state index >= 15 is 0 Å². The Labute approximate surface area is 191 Å². The van der Waals surface area contributed by atoms with Gasteiger partial charge in [-0.3, -0.25) is 4.99 Å². The van der Waals surface area contributed by atoms with E-state index in [1.165, 1.54) is 24.1 Å². The number of halogens is 4. The molecule has 172 valence electrons. The van der Waals surface area contributed by atoms with Crippen molar-refractivity contribution >= 4 is 36.0 Å². The number of ether oxygens (including phenoxy) is 1. The quantitative estimate of drug-likeness (QED) is 0.243. The van der Waals surface area contributed by atoms with Crippen LogP contribution in [0.1, 0.15) is 57.1 Å². The van der Waals surface area contributed by atoms with Gasteiger partial charge in [0.15, 0.2) is 0 Å². The lowest BCUT2D eigenvalue weighted by molar-refractivity contribution is -0.456. The van der Waals surface area contributed by atoms with Crippen molar-refractivity contribution in [2.45, 2.75) is 51.5 Å². The van der Waals surface area contributed by atoms with Gasteiger partial charge in [-0.2, -0.15) is 4.58 Å². The number of alkyl halides is 3. The first-order valence-electron chi connectivity index (χ1n) is 10.7. The van der Waals surface area contributed by atoms with E-state index in [-0.39, 0.29) is 22.9 Å². The minimum atomic E-state index is -2.90. The summed E-state index contributed by atoms with van der Waals surface area (Å²) in [4.78, 5) is 12.8. The first-order chi connectivity index (χ1) is 15.5. The number of allylic oxidation sites excluding steroid dienone is 1. The lowest BCUT2D eigenvalue weighted by Gasteiger charge is -2.17. The van der Waals surface area contributed by atoms with E-state index in [4.69, 9.17) is 16.3 Å². The summed E-state index contributed by atoms with van der Waals surface area (Å²) in [6.45, 7) is 8.95. The maximum Gasteiger partial charge on any atom is 0.272 e. The zero-order chi connectivity index (χ0) is 23.3. The third-order valence-electron chi connectivity index (χ3n) is 5.83. The molecular formula is C23H27ClF3N4O+. The smallest absolute Gasteiger partial charge is 0.272 e. The summed E-state index contributed by atoms with van der Waals surface area (Å²) in [5.41, 5.74) is 1.95. The van der Waals surface area contributed by atoms with Crippen molar-refractivity contribution in [2.24, 2.45) is 15.0 Å². The van der Waals surface area contributed by atoms with Crippen LogP contribution in [0.25, 0.3) is 0 Å². The van der Waals surface area contributed by atoms with Gasteiger partial charge in [0.25, 0.3) is 17.7 Å². The van der Waals surface area contributed by atoms with Crippen molar-refractivity contribution < 1.29 is 22.5 Å². The van der Waals surface area contributed by atoms with Crippen molar-refractivity contribution in [1.29, 1.82) is 0 Å². The summed E-state index contributed by atoms with van der Waals surface area (Å²) < 4.78 is 48.1. The predicted octanol–water partition coefficient (Wildman–Crippen LogP) is 5.53. The predicted molar refractivity (Wildman–Crippen MR) is 122 cm³/mol. The molecule has 0 aromatic heterocycles. The molecule has 1 saturated heterocycles. The van der Waals surface area contributed by atoms with Gasteiger partial charge in [0, 0.05) is 37.5 Å². The van der Waals surface area contributed by atoms with E-state index in [1.807, 2.05) is 13.8 Å².